The van der Waals surface area contributed by atoms with Gasteiger partial charge in [-0.05, 0) is 74.4 Å². The minimum absolute atomic E-state index is 0.160. The number of rotatable bonds is 6. The van der Waals surface area contributed by atoms with Gasteiger partial charge in [-0.1, -0.05) is 41.6 Å². The molecule has 0 bridgehead atoms. The zero-order valence-electron chi connectivity index (χ0n) is 21.7. The van der Waals surface area contributed by atoms with Crippen molar-refractivity contribution in [2.45, 2.75) is 26.3 Å². The van der Waals surface area contributed by atoms with Gasteiger partial charge >= 0.3 is 0 Å². The summed E-state index contributed by atoms with van der Waals surface area (Å²) in [5.41, 5.74) is 5.38. The van der Waals surface area contributed by atoms with Gasteiger partial charge < -0.3 is 20.3 Å². The molecule has 2 aliphatic heterocycles. The topological polar surface area (TPSA) is 83.0 Å². The van der Waals surface area contributed by atoms with Crippen molar-refractivity contribution in [1.29, 1.82) is 0 Å². The number of allylic oxidation sites excluding steroid dienone is 1. The quantitative estimate of drug-likeness (QED) is 0.411. The molecule has 0 spiro atoms. The highest BCUT2D eigenvalue weighted by Crippen LogP contribution is 2.40. The van der Waals surface area contributed by atoms with Crippen molar-refractivity contribution in [3.63, 3.8) is 0 Å². The molecule has 3 aromatic carbocycles. The molecule has 7 nitrogen and oxygen atoms in total. The zero-order valence-corrected chi connectivity index (χ0v) is 22.5. The van der Waals surface area contributed by atoms with Crippen molar-refractivity contribution in [2.75, 3.05) is 30.0 Å². The van der Waals surface area contributed by atoms with E-state index in [1.165, 1.54) is 0 Å². The average Bonchev–Trinajstić information content (AvgIpc) is 2.93. The Morgan fingerprint density at radius 2 is 1.53 bits per heavy atom. The number of ether oxygens (including phenoxy) is 1. The maximum Gasteiger partial charge on any atom is 0.255 e. The molecule has 5 rings (SSSR count). The third kappa shape index (κ3) is 5.45. The number of fused-ring (bicyclic) bond motifs is 1. The highest BCUT2D eigenvalue weighted by atomic mass is 32.2. The Morgan fingerprint density at radius 3 is 2.18 bits per heavy atom. The fourth-order valence-corrected chi connectivity index (χ4v) is 5.66. The molecule has 1 unspecified atom stereocenters. The van der Waals surface area contributed by atoms with E-state index in [1.807, 2.05) is 86.6 Å². The summed E-state index contributed by atoms with van der Waals surface area (Å²) in [6, 6.07) is 22.2. The van der Waals surface area contributed by atoms with Gasteiger partial charge in [-0.2, -0.15) is 0 Å². The second-order valence-electron chi connectivity index (χ2n) is 9.32. The first-order chi connectivity index (χ1) is 18.4. The van der Waals surface area contributed by atoms with E-state index < -0.39 is 0 Å². The number of hydrogen-bond acceptors (Lipinski definition) is 6. The van der Waals surface area contributed by atoms with Crippen molar-refractivity contribution in [2.24, 2.45) is 4.99 Å². The third-order valence-corrected chi connectivity index (χ3v) is 7.73. The first kappa shape index (κ1) is 25.6. The molecule has 2 amide bonds. The van der Waals surface area contributed by atoms with Crippen molar-refractivity contribution < 1.29 is 14.3 Å². The predicted octanol–water partition coefficient (Wildman–Crippen LogP) is 6.02. The number of anilines is 2. The number of amidine groups is 1. The van der Waals surface area contributed by atoms with Gasteiger partial charge in [-0.15, -0.1) is 0 Å². The third-order valence-electron chi connectivity index (χ3n) is 6.65. The van der Waals surface area contributed by atoms with Gasteiger partial charge in [-0.3, -0.25) is 9.59 Å². The Bertz CT molecular complexity index is 1400. The molecule has 38 heavy (non-hydrogen) atoms. The predicted molar refractivity (Wildman–Crippen MR) is 154 cm³/mol. The second-order valence-corrected chi connectivity index (χ2v) is 10.4. The highest BCUT2D eigenvalue weighted by Gasteiger charge is 2.37. The molecule has 1 atom stereocenters. The summed E-state index contributed by atoms with van der Waals surface area (Å²) >= 11 is 1.72. The Hall–Kier alpha value is -4.04. The van der Waals surface area contributed by atoms with Crippen LogP contribution in [0.4, 0.5) is 11.4 Å². The van der Waals surface area contributed by atoms with E-state index in [-0.39, 0.29) is 17.9 Å². The molecular formula is C30H30N4O3S. The van der Waals surface area contributed by atoms with E-state index in [2.05, 4.69) is 15.5 Å². The van der Waals surface area contributed by atoms with Gasteiger partial charge in [-0.25, -0.2) is 4.99 Å². The summed E-state index contributed by atoms with van der Waals surface area (Å²) in [6.07, 6.45) is 1.01. The summed E-state index contributed by atoms with van der Waals surface area (Å²) in [5, 5.41) is 6.94. The Kier molecular flexibility index (Phi) is 7.51. The molecule has 0 aromatic heterocycles. The number of amides is 2. The minimum atomic E-state index is -0.282. The van der Waals surface area contributed by atoms with Gasteiger partial charge in [0.15, 0.2) is 5.17 Å². The molecule has 0 radical (unpaired) electrons. The van der Waals surface area contributed by atoms with Crippen LogP contribution in [0.15, 0.2) is 89.1 Å². The van der Waals surface area contributed by atoms with Gasteiger partial charge in [0.25, 0.3) is 11.8 Å². The molecule has 0 aliphatic carbocycles. The first-order valence-corrected chi connectivity index (χ1v) is 13.5. The maximum atomic E-state index is 13.6. The smallest absolute Gasteiger partial charge is 0.255 e. The van der Waals surface area contributed by atoms with Crippen molar-refractivity contribution >= 4 is 40.1 Å². The number of carbonyl (C=O) groups is 2. The molecule has 8 heteroatoms. The lowest BCUT2D eigenvalue weighted by Crippen LogP contribution is -2.43. The van der Waals surface area contributed by atoms with Crippen LogP contribution in [-0.4, -0.2) is 41.3 Å². The van der Waals surface area contributed by atoms with Crippen LogP contribution in [0, 0.1) is 6.92 Å². The minimum Gasteiger partial charge on any atom is -0.497 e. The standard InChI is InChI=1S/C30H30N4O3S/c1-19-5-7-22(8-6-19)28(35)32-23-11-9-21(10-12-23)27-26(20(2)31-30-34(27)17-4-18-38-30)29(36)33-24-13-15-25(37-3)16-14-24/h5-16,27H,4,17-18H2,1-3H3,(H,32,35)(H,33,36). The van der Waals surface area contributed by atoms with Gasteiger partial charge in [0.1, 0.15) is 5.75 Å². The number of aryl methyl sites for hydroxylation is 1. The van der Waals surface area contributed by atoms with Crippen LogP contribution < -0.4 is 15.4 Å². The van der Waals surface area contributed by atoms with Crippen LogP contribution in [-0.2, 0) is 4.79 Å². The maximum absolute atomic E-state index is 13.6. The van der Waals surface area contributed by atoms with Gasteiger partial charge in [0, 0.05) is 29.2 Å². The van der Waals surface area contributed by atoms with Crippen LogP contribution in [0.3, 0.4) is 0 Å². The lowest BCUT2D eigenvalue weighted by Gasteiger charge is -2.41. The van der Waals surface area contributed by atoms with Crippen molar-refractivity contribution in [1.82, 2.24) is 4.90 Å². The Balaban J connectivity index is 1.41. The van der Waals surface area contributed by atoms with E-state index in [1.54, 1.807) is 18.9 Å². The lowest BCUT2D eigenvalue weighted by molar-refractivity contribution is -0.113. The second kappa shape index (κ2) is 11.1. The molecule has 2 heterocycles. The monoisotopic (exact) mass is 526 g/mol. The summed E-state index contributed by atoms with van der Waals surface area (Å²) in [6.45, 7) is 4.70. The summed E-state index contributed by atoms with van der Waals surface area (Å²) in [5.74, 6) is 1.38. The van der Waals surface area contributed by atoms with Crippen LogP contribution in [0.25, 0.3) is 0 Å². The molecule has 194 valence electrons. The fraction of sp³-hybridized carbons (Fsp3) is 0.233. The average molecular weight is 527 g/mol. The number of carbonyl (C=O) groups excluding carboxylic acids is 2. The lowest BCUT2D eigenvalue weighted by atomic mass is 9.93. The van der Waals surface area contributed by atoms with E-state index in [4.69, 9.17) is 9.73 Å². The highest BCUT2D eigenvalue weighted by molar-refractivity contribution is 8.13. The number of thioether (sulfide) groups is 1. The number of aliphatic imine (C=N–C) groups is 1. The Labute approximate surface area is 227 Å². The molecule has 2 N–H and O–H groups in total. The molecular weight excluding hydrogens is 496 g/mol. The van der Waals surface area contributed by atoms with Crippen molar-refractivity contribution in [3.8, 4) is 5.75 Å². The molecule has 1 fully saturated rings. The van der Waals surface area contributed by atoms with Crippen molar-refractivity contribution in [3.05, 3.63) is 101 Å². The van der Waals surface area contributed by atoms with Crippen LogP contribution in [0.2, 0.25) is 0 Å². The molecule has 3 aromatic rings. The number of hydrogen-bond donors (Lipinski definition) is 2. The summed E-state index contributed by atoms with van der Waals surface area (Å²) in [7, 11) is 1.61. The van der Waals surface area contributed by atoms with Crippen LogP contribution in [0.5, 0.6) is 5.75 Å². The first-order valence-electron chi connectivity index (χ1n) is 12.6. The van der Waals surface area contributed by atoms with Crippen LogP contribution >= 0.6 is 11.8 Å². The van der Waals surface area contributed by atoms with E-state index in [0.29, 0.717) is 28.2 Å². The molecule has 1 saturated heterocycles. The number of nitrogens with one attached hydrogen (secondary N) is 2. The fourth-order valence-electron chi connectivity index (χ4n) is 4.64. The number of benzene rings is 3. The molecule has 2 aliphatic rings. The normalized spacial score (nSPS) is 16.9. The van der Waals surface area contributed by atoms with E-state index >= 15 is 0 Å². The summed E-state index contributed by atoms with van der Waals surface area (Å²) in [4.78, 5) is 33.3. The number of methoxy groups -OCH3 is 1. The zero-order chi connectivity index (χ0) is 26.6. The largest absolute Gasteiger partial charge is 0.497 e. The van der Waals surface area contributed by atoms with E-state index in [9.17, 15) is 9.59 Å². The number of nitrogens with zero attached hydrogens (tertiary/aromatic N) is 2. The summed E-state index contributed by atoms with van der Waals surface area (Å²) < 4.78 is 5.23. The van der Waals surface area contributed by atoms with Crippen LogP contribution in [0.1, 0.15) is 40.9 Å². The van der Waals surface area contributed by atoms with Gasteiger partial charge in [0.2, 0.25) is 0 Å². The Morgan fingerprint density at radius 1 is 0.895 bits per heavy atom. The molecule has 0 saturated carbocycles. The van der Waals surface area contributed by atoms with Gasteiger partial charge in [0.05, 0.1) is 24.4 Å². The SMILES string of the molecule is COc1ccc(NC(=O)C2=C(C)N=C3SCCCN3C2c2ccc(NC(=O)c3ccc(C)cc3)cc2)cc1. The van der Waals surface area contributed by atoms with E-state index in [0.717, 1.165) is 40.8 Å².